The zero-order valence-electron chi connectivity index (χ0n) is 10.7. The van der Waals surface area contributed by atoms with Gasteiger partial charge in [0.15, 0.2) is 0 Å². The number of nitrogens with zero attached hydrogens (tertiary/aromatic N) is 2. The molecule has 90 valence electrons. The maximum Gasteiger partial charge on any atom is 0.0596 e. The molecule has 1 N–H and O–H groups in total. The molecule has 3 nitrogen and oxygen atoms in total. The van der Waals surface area contributed by atoms with Crippen LogP contribution < -0.4 is 5.32 Å². The number of aryl methyl sites for hydroxylation is 2. The maximum atomic E-state index is 4.50. The van der Waals surface area contributed by atoms with E-state index in [0.29, 0.717) is 6.04 Å². The Kier molecular flexibility index (Phi) is 3.64. The van der Waals surface area contributed by atoms with E-state index < -0.39 is 0 Å². The van der Waals surface area contributed by atoms with Gasteiger partial charge in [-0.1, -0.05) is 12.8 Å². The highest BCUT2D eigenvalue weighted by molar-refractivity contribution is 5.10. The molecule has 0 amide bonds. The molecule has 1 aromatic heterocycles. The van der Waals surface area contributed by atoms with Crippen molar-refractivity contribution in [3.05, 3.63) is 17.5 Å². The number of aromatic nitrogens is 2. The average Bonchev–Trinajstić information content (AvgIpc) is 3.01. The Labute approximate surface area is 98.2 Å². The van der Waals surface area contributed by atoms with Crippen molar-refractivity contribution in [2.75, 3.05) is 7.05 Å². The Morgan fingerprint density at radius 1 is 1.56 bits per heavy atom. The lowest BCUT2D eigenvalue weighted by Crippen LogP contribution is -2.29. The van der Waals surface area contributed by atoms with Gasteiger partial charge in [0.25, 0.3) is 0 Å². The van der Waals surface area contributed by atoms with Crippen molar-refractivity contribution < 1.29 is 0 Å². The lowest BCUT2D eigenvalue weighted by Gasteiger charge is -2.16. The Hall–Kier alpha value is -0.830. The topological polar surface area (TPSA) is 29.9 Å². The molecule has 1 aliphatic rings. The highest BCUT2D eigenvalue weighted by atomic mass is 15.3. The van der Waals surface area contributed by atoms with Gasteiger partial charge in [0.1, 0.15) is 0 Å². The molecule has 0 radical (unpaired) electrons. The Morgan fingerprint density at radius 2 is 2.31 bits per heavy atom. The Morgan fingerprint density at radius 3 is 2.88 bits per heavy atom. The molecule has 1 atom stereocenters. The molecule has 1 aliphatic carbocycles. The molecule has 0 bridgehead atoms. The minimum Gasteiger partial charge on any atom is -0.317 e. The van der Waals surface area contributed by atoms with Crippen LogP contribution in [-0.2, 0) is 13.0 Å². The van der Waals surface area contributed by atoms with Gasteiger partial charge in [-0.05, 0) is 39.3 Å². The third kappa shape index (κ3) is 2.85. The second-order valence-corrected chi connectivity index (χ2v) is 4.96. The van der Waals surface area contributed by atoms with Gasteiger partial charge in [-0.2, -0.15) is 5.10 Å². The molecule has 3 heteroatoms. The van der Waals surface area contributed by atoms with E-state index in [2.05, 4.69) is 42.1 Å². The van der Waals surface area contributed by atoms with Crippen LogP contribution in [0.5, 0.6) is 0 Å². The SMILES string of the molecule is CCn1nc(C)cc1CC(CC1CC1)NC. The van der Waals surface area contributed by atoms with E-state index >= 15 is 0 Å². The first-order valence-corrected chi connectivity index (χ1v) is 6.43. The Bertz CT molecular complexity index is 339. The minimum absolute atomic E-state index is 0.619. The predicted octanol–water partition coefficient (Wildman–Crippen LogP) is 2.14. The van der Waals surface area contributed by atoms with Crippen LogP contribution in [0.2, 0.25) is 0 Å². The van der Waals surface area contributed by atoms with Crippen LogP contribution in [0.25, 0.3) is 0 Å². The summed E-state index contributed by atoms with van der Waals surface area (Å²) >= 11 is 0. The van der Waals surface area contributed by atoms with E-state index in [9.17, 15) is 0 Å². The van der Waals surface area contributed by atoms with Crippen molar-refractivity contribution in [2.45, 2.75) is 52.1 Å². The summed E-state index contributed by atoms with van der Waals surface area (Å²) in [5.41, 5.74) is 2.51. The molecule has 2 rings (SSSR count). The summed E-state index contributed by atoms with van der Waals surface area (Å²) in [4.78, 5) is 0. The average molecular weight is 221 g/mol. The van der Waals surface area contributed by atoms with Crippen LogP contribution >= 0.6 is 0 Å². The molecular formula is C13H23N3. The van der Waals surface area contributed by atoms with Gasteiger partial charge in [0.2, 0.25) is 0 Å². The quantitative estimate of drug-likeness (QED) is 0.797. The smallest absolute Gasteiger partial charge is 0.0596 e. The van der Waals surface area contributed by atoms with E-state index in [1.165, 1.54) is 25.0 Å². The van der Waals surface area contributed by atoms with E-state index in [4.69, 9.17) is 0 Å². The second-order valence-electron chi connectivity index (χ2n) is 4.96. The highest BCUT2D eigenvalue weighted by Crippen LogP contribution is 2.34. The second kappa shape index (κ2) is 5.00. The summed E-state index contributed by atoms with van der Waals surface area (Å²) in [6, 6.07) is 2.84. The van der Waals surface area contributed by atoms with E-state index in [0.717, 1.165) is 24.6 Å². The summed E-state index contributed by atoms with van der Waals surface area (Å²) < 4.78 is 2.13. The molecule has 1 unspecified atom stereocenters. The first-order chi connectivity index (χ1) is 7.72. The molecule has 1 heterocycles. The fraction of sp³-hybridized carbons (Fsp3) is 0.769. The largest absolute Gasteiger partial charge is 0.317 e. The van der Waals surface area contributed by atoms with Crippen molar-refractivity contribution >= 4 is 0 Å². The molecular weight excluding hydrogens is 198 g/mol. The van der Waals surface area contributed by atoms with E-state index in [1.807, 2.05) is 0 Å². The van der Waals surface area contributed by atoms with Gasteiger partial charge >= 0.3 is 0 Å². The summed E-state index contributed by atoms with van der Waals surface area (Å²) in [6.45, 7) is 5.21. The molecule has 1 saturated carbocycles. The molecule has 1 aromatic rings. The zero-order chi connectivity index (χ0) is 11.5. The van der Waals surface area contributed by atoms with E-state index in [1.54, 1.807) is 0 Å². The van der Waals surface area contributed by atoms with Crippen LogP contribution in [0.4, 0.5) is 0 Å². The number of likely N-dealkylation sites (N-methyl/N-ethyl adjacent to an activating group) is 1. The summed E-state index contributed by atoms with van der Waals surface area (Å²) in [7, 11) is 2.08. The molecule has 0 aromatic carbocycles. The standard InChI is InChI=1S/C13H23N3/c1-4-16-13(7-10(2)15-16)9-12(14-3)8-11-5-6-11/h7,11-12,14H,4-6,8-9H2,1-3H3. The van der Waals surface area contributed by atoms with Gasteiger partial charge in [-0.25, -0.2) is 0 Å². The number of hydrogen-bond donors (Lipinski definition) is 1. The number of rotatable bonds is 6. The normalized spacial score (nSPS) is 17.7. The van der Waals surface area contributed by atoms with Crippen LogP contribution in [-0.4, -0.2) is 22.9 Å². The molecule has 0 saturated heterocycles. The summed E-state index contributed by atoms with van der Waals surface area (Å²) in [5, 5.41) is 7.94. The first-order valence-electron chi connectivity index (χ1n) is 6.43. The van der Waals surface area contributed by atoms with Crippen LogP contribution in [0, 0.1) is 12.8 Å². The lowest BCUT2D eigenvalue weighted by molar-refractivity contribution is 0.471. The fourth-order valence-corrected chi connectivity index (χ4v) is 2.35. The van der Waals surface area contributed by atoms with Crippen molar-refractivity contribution in [1.82, 2.24) is 15.1 Å². The first kappa shape index (κ1) is 11.6. The minimum atomic E-state index is 0.619. The summed E-state index contributed by atoms with van der Waals surface area (Å²) in [6.07, 6.45) is 5.31. The van der Waals surface area contributed by atoms with Crippen molar-refractivity contribution in [1.29, 1.82) is 0 Å². The monoisotopic (exact) mass is 221 g/mol. The van der Waals surface area contributed by atoms with Gasteiger partial charge < -0.3 is 5.32 Å². The van der Waals surface area contributed by atoms with Gasteiger partial charge in [0, 0.05) is 24.7 Å². The van der Waals surface area contributed by atoms with Crippen LogP contribution in [0.15, 0.2) is 6.07 Å². The maximum absolute atomic E-state index is 4.50. The van der Waals surface area contributed by atoms with Crippen LogP contribution in [0.3, 0.4) is 0 Å². The van der Waals surface area contributed by atoms with Crippen molar-refractivity contribution in [3.8, 4) is 0 Å². The summed E-state index contributed by atoms with van der Waals surface area (Å²) in [5.74, 6) is 0.983. The van der Waals surface area contributed by atoms with Crippen molar-refractivity contribution in [2.24, 2.45) is 5.92 Å². The zero-order valence-corrected chi connectivity index (χ0v) is 10.7. The third-order valence-corrected chi connectivity index (χ3v) is 3.46. The van der Waals surface area contributed by atoms with Gasteiger partial charge in [-0.3, -0.25) is 4.68 Å². The Balaban J connectivity index is 1.98. The fourth-order valence-electron chi connectivity index (χ4n) is 2.35. The lowest BCUT2D eigenvalue weighted by atomic mass is 10.0. The molecule has 1 fully saturated rings. The van der Waals surface area contributed by atoms with Crippen molar-refractivity contribution in [3.63, 3.8) is 0 Å². The molecule has 16 heavy (non-hydrogen) atoms. The third-order valence-electron chi connectivity index (χ3n) is 3.46. The molecule has 0 spiro atoms. The highest BCUT2D eigenvalue weighted by Gasteiger charge is 2.25. The van der Waals surface area contributed by atoms with E-state index in [-0.39, 0.29) is 0 Å². The molecule has 0 aliphatic heterocycles. The van der Waals surface area contributed by atoms with Crippen LogP contribution in [0.1, 0.15) is 37.6 Å². The predicted molar refractivity (Wildman–Crippen MR) is 66.5 cm³/mol. The van der Waals surface area contributed by atoms with Gasteiger partial charge in [0.05, 0.1) is 5.69 Å². The number of hydrogen-bond acceptors (Lipinski definition) is 2. The number of nitrogens with one attached hydrogen (secondary N) is 1. The van der Waals surface area contributed by atoms with Gasteiger partial charge in [-0.15, -0.1) is 0 Å².